The van der Waals surface area contributed by atoms with Crippen molar-refractivity contribution in [3.63, 3.8) is 0 Å². The predicted molar refractivity (Wildman–Crippen MR) is 85.3 cm³/mol. The average Bonchev–Trinajstić information content (AvgIpc) is 2.45. The van der Waals surface area contributed by atoms with Crippen LogP contribution in [0.4, 0.5) is 5.69 Å². The van der Waals surface area contributed by atoms with Crippen molar-refractivity contribution in [2.45, 2.75) is 6.92 Å². The van der Waals surface area contributed by atoms with Gasteiger partial charge in [0.1, 0.15) is 5.75 Å². The lowest BCUT2D eigenvalue weighted by atomic mass is 10.1. The Kier molecular flexibility index (Phi) is 5.20. The van der Waals surface area contributed by atoms with Gasteiger partial charge in [0.25, 0.3) is 0 Å². The van der Waals surface area contributed by atoms with Crippen LogP contribution in [-0.4, -0.2) is 74.1 Å². The molecular weight excluding hydrogens is 266 g/mol. The number of carbonyl (C=O) groups excluding carboxylic acids is 1. The van der Waals surface area contributed by atoms with Gasteiger partial charge in [0, 0.05) is 51.0 Å². The first-order valence-corrected chi connectivity index (χ1v) is 7.43. The molecule has 0 radical (unpaired) electrons. The maximum absolute atomic E-state index is 11.3. The molecule has 0 saturated carbocycles. The summed E-state index contributed by atoms with van der Waals surface area (Å²) in [6.45, 7) is 7.60. The fraction of sp³-hybridized carbons (Fsp3) is 0.562. The van der Waals surface area contributed by atoms with E-state index in [1.807, 2.05) is 6.07 Å². The van der Waals surface area contributed by atoms with Crippen molar-refractivity contribution in [2.75, 3.05) is 58.3 Å². The molecule has 0 amide bonds. The molecule has 1 aliphatic rings. The highest BCUT2D eigenvalue weighted by Crippen LogP contribution is 2.25. The molecule has 116 valence electrons. The second-order valence-corrected chi connectivity index (χ2v) is 5.89. The Labute approximate surface area is 126 Å². The minimum Gasteiger partial charge on any atom is -0.507 e. The Bertz CT molecular complexity index is 494. The fourth-order valence-electron chi connectivity index (χ4n) is 2.59. The Hall–Kier alpha value is -1.59. The van der Waals surface area contributed by atoms with Crippen LogP contribution in [0.25, 0.3) is 0 Å². The summed E-state index contributed by atoms with van der Waals surface area (Å²) >= 11 is 0. The lowest BCUT2D eigenvalue weighted by Gasteiger charge is -2.36. The van der Waals surface area contributed by atoms with Crippen LogP contribution >= 0.6 is 0 Å². The molecule has 1 aromatic rings. The van der Waals surface area contributed by atoms with Gasteiger partial charge in [-0.25, -0.2) is 0 Å². The van der Waals surface area contributed by atoms with E-state index in [0.29, 0.717) is 5.56 Å². The standard InChI is InChI=1S/C16H25N3O2/c1-13(20)15-5-4-14(12-16(15)21)19-10-8-18(9-11-19)7-6-17(2)3/h4-5,12,21H,6-11H2,1-3H3. The summed E-state index contributed by atoms with van der Waals surface area (Å²) in [5.41, 5.74) is 1.38. The van der Waals surface area contributed by atoms with Crippen LogP contribution in [0.1, 0.15) is 17.3 Å². The van der Waals surface area contributed by atoms with E-state index >= 15 is 0 Å². The predicted octanol–water partition coefficient (Wildman–Crippen LogP) is 1.28. The van der Waals surface area contributed by atoms with Crippen molar-refractivity contribution >= 4 is 11.5 Å². The maximum atomic E-state index is 11.3. The number of aromatic hydroxyl groups is 1. The molecule has 2 rings (SSSR count). The normalized spacial score (nSPS) is 16.5. The molecule has 1 aromatic carbocycles. The van der Waals surface area contributed by atoms with E-state index in [-0.39, 0.29) is 11.5 Å². The minimum atomic E-state index is -0.104. The molecule has 0 atom stereocenters. The summed E-state index contributed by atoms with van der Waals surface area (Å²) in [5, 5.41) is 9.93. The second kappa shape index (κ2) is 6.91. The van der Waals surface area contributed by atoms with Crippen molar-refractivity contribution in [3.8, 4) is 5.75 Å². The first-order valence-electron chi connectivity index (χ1n) is 7.43. The van der Waals surface area contributed by atoms with E-state index in [2.05, 4.69) is 28.8 Å². The van der Waals surface area contributed by atoms with Crippen molar-refractivity contribution in [1.82, 2.24) is 9.80 Å². The third kappa shape index (κ3) is 4.19. The highest BCUT2D eigenvalue weighted by atomic mass is 16.3. The number of likely N-dealkylation sites (N-methyl/N-ethyl adjacent to an activating group) is 1. The van der Waals surface area contributed by atoms with Crippen molar-refractivity contribution < 1.29 is 9.90 Å². The van der Waals surface area contributed by atoms with Gasteiger partial charge < -0.3 is 14.9 Å². The molecule has 5 nitrogen and oxygen atoms in total. The van der Waals surface area contributed by atoms with Gasteiger partial charge in [0.15, 0.2) is 5.78 Å². The molecule has 1 fully saturated rings. The molecule has 0 unspecified atom stereocenters. The lowest BCUT2D eigenvalue weighted by molar-refractivity contribution is 0.101. The monoisotopic (exact) mass is 291 g/mol. The zero-order chi connectivity index (χ0) is 15.4. The number of carbonyl (C=O) groups is 1. The summed E-state index contributed by atoms with van der Waals surface area (Å²) < 4.78 is 0. The summed E-state index contributed by atoms with van der Waals surface area (Å²) in [6, 6.07) is 5.34. The molecule has 0 spiro atoms. The lowest BCUT2D eigenvalue weighted by Crippen LogP contribution is -2.48. The van der Waals surface area contributed by atoms with E-state index in [1.165, 1.54) is 6.92 Å². The average molecular weight is 291 g/mol. The van der Waals surface area contributed by atoms with Crippen LogP contribution in [0.15, 0.2) is 18.2 Å². The molecule has 1 aliphatic heterocycles. The van der Waals surface area contributed by atoms with Crippen molar-refractivity contribution in [3.05, 3.63) is 23.8 Å². The summed E-state index contributed by atoms with van der Waals surface area (Å²) in [5.74, 6) is -0.0254. The van der Waals surface area contributed by atoms with Gasteiger partial charge in [0.05, 0.1) is 5.56 Å². The van der Waals surface area contributed by atoms with E-state index in [1.54, 1.807) is 12.1 Å². The number of hydrogen-bond donors (Lipinski definition) is 1. The number of phenols is 1. The number of piperazine rings is 1. The van der Waals surface area contributed by atoms with Crippen LogP contribution < -0.4 is 4.90 Å². The smallest absolute Gasteiger partial charge is 0.163 e. The Balaban J connectivity index is 1.93. The third-order valence-corrected chi connectivity index (χ3v) is 3.96. The van der Waals surface area contributed by atoms with Crippen LogP contribution in [0.3, 0.4) is 0 Å². The van der Waals surface area contributed by atoms with Gasteiger partial charge in [-0.2, -0.15) is 0 Å². The zero-order valence-electron chi connectivity index (χ0n) is 13.2. The van der Waals surface area contributed by atoms with Gasteiger partial charge in [-0.3, -0.25) is 9.69 Å². The zero-order valence-corrected chi connectivity index (χ0v) is 13.2. The molecule has 21 heavy (non-hydrogen) atoms. The number of hydrogen-bond acceptors (Lipinski definition) is 5. The molecule has 5 heteroatoms. The number of Topliss-reactive ketones (excluding diaryl/α,β-unsaturated/α-hetero) is 1. The summed E-state index contributed by atoms with van der Waals surface area (Å²) in [7, 11) is 4.19. The number of anilines is 1. The molecule has 0 aliphatic carbocycles. The van der Waals surface area contributed by atoms with Crippen LogP contribution in [0, 0.1) is 0 Å². The van der Waals surface area contributed by atoms with Gasteiger partial charge in [0.2, 0.25) is 0 Å². The Morgan fingerprint density at radius 2 is 1.90 bits per heavy atom. The quantitative estimate of drug-likeness (QED) is 0.828. The van der Waals surface area contributed by atoms with Crippen LogP contribution in [0.2, 0.25) is 0 Å². The topological polar surface area (TPSA) is 47.0 Å². The van der Waals surface area contributed by atoms with Gasteiger partial charge in [-0.15, -0.1) is 0 Å². The van der Waals surface area contributed by atoms with Gasteiger partial charge in [-0.05, 0) is 33.2 Å². The number of ketones is 1. The number of rotatable bonds is 5. The van der Waals surface area contributed by atoms with Crippen LogP contribution in [0.5, 0.6) is 5.75 Å². The first-order chi connectivity index (χ1) is 9.97. The highest BCUT2D eigenvalue weighted by Gasteiger charge is 2.18. The molecule has 1 heterocycles. The van der Waals surface area contributed by atoms with Gasteiger partial charge in [-0.1, -0.05) is 0 Å². The first kappa shape index (κ1) is 15.8. The van der Waals surface area contributed by atoms with Gasteiger partial charge >= 0.3 is 0 Å². The molecule has 0 bridgehead atoms. The summed E-state index contributed by atoms with van der Waals surface area (Å²) in [6.07, 6.45) is 0. The van der Waals surface area contributed by atoms with Crippen molar-refractivity contribution in [2.24, 2.45) is 0 Å². The second-order valence-electron chi connectivity index (χ2n) is 5.89. The van der Waals surface area contributed by atoms with E-state index in [9.17, 15) is 9.90 Å². The van der Waals surface area contributed by atoms with E-state index < -0.39 is 0 Å². The maximum Gasteiger partial charge on any atom is 0.163 e. The molecule has 0 aromatic heterocycles. The SMILES string of the molecule is CC(=O)c1ccc(N2CCN(CCN(C)C)CC2)cc1O. The number of nitrogens with zero attached hydrogens (tertiary/aromatic N) is 3. The van der Waals surface area contributed by atoms with Crippen LogP contribution in [-0.2, 0) is 0 Å². The third-order valence-electron chi connectivity index (χ3n) is 3.96. The largest absolute Gasteiger partial charge is 0.507 e. The Morgan fingerprint density at radius 1 is 1.24 bits per heavy atom. The molecule has 1 N–H and O–H groups in total. The molecular formula is C16H25N3O2. The van der Waals surface area contributed by atoms with E-state index in [0.717, 1.165) is 45.0 Å². The van der Waals surface area contributed by atoms with Crippen molar-refractivity contribution in [1.29, 1.82) is 0 Å². The number of phenolic OH excluding ortho intramolecular Hbond substituents is 1. The summed E-state index contributed by atoms with van der Waals surface area (Å²) in [4.78, 5) is 18.3. The number of benzene rings is 1. The molecule has 1 saturated heterocycles. The Morgan fingerprint density at radius 3 is 2.43 bits per heavy atom. The minimum absolute atomic E-state index is 0.0787. The fourth-order valence-corrected chi connectivity index (χ4v) is 2.59. The van der Waals surface area contributed by atoms with E-state index in [4.69, 9.17) is 0 Å². The highest BCUT2D eigenvalue weighted by molar-refractivity contribution is 5.97.